The number of aromatic carboxylic acids is 1. The Hall–Kier alpha value is -4.19. The number of carboxylic acids is 1. The van der Waals surface area contributed by atoms with E-state index in [9.17, 15) is 14.4 Å². The minimum absolute atomic E-state index is 0.0901. The average molecular weight is 427 g/mol. The number of aromatic nitrogens is 1. The zero-order valence-corrected chi connectivity index (χ0v) is 17.7. The molecule has 0 aliphatic carbocycles. The molecule has 4 aromatic rings. The van der Waals surface area contributed by atoms with Crippen molar-refractivity contribution in [3.8, 4) is 11.1 Å². The van der Waals surface area contributed by atoms with E-state index >= 15 is 0 Å². The van der Waals surface area contributed by atoms with Crippen LogP contribution in [0, 0.1) is 6.92 Å². The number of rotatable bonds is 5. The molecule has 0 bridgehead atoms. The zero-order chi connectivity index (χ0) is 22.8. The summed E-state index contributed by atoms with van der Waals surface area (Å²) in [6, 6.07) is 21.2. The van der Waals surface area contributed by atoms with E-state index in [-0.39, 0.29) is 23.4 Å². The molecular weight excluding hydrogens is 406 g/mol. The van der Waals surface area contributed by atoms with Gasteiger partial charge in [-0.3, -0.25) is 9.36 Å². The second-order valence-corrected chi connectivity index (χ2v) is 7.52. The molecule has 0 aliphatic heterocycles. The number of benzene rings is 3. The predicted molar refractivity (Wildman–Crippen MR) is 122 cm³/mol. The average Bonchev–Trinajstić information content (AvgIpc) is 2.80. The highest BCUT2D eigenvalue weighted by atomic mass is 16.5. The lowest BCUT2D eigenvalue weighted by atomic mass is 9.95. The first-order valence-corrected chi connectivity index (χ1v) is 10.0. The summed E-state index contributed by atoms with van der Waals surface area (Å²) in [6.07, 6.45) is 0. The van der Waals surface area contributed by atoms with Crippen molar-refractivity contribution in [1.82, 2.24) is 4.57 Å². The third-order valence-corrected chi connectivity index (χ3v) is 5.41. The molecule has 0 atom stereocenters. The molecule has 6 heteroatoms. The normalized spacial score (nSPS) is 10.8. The van der Waals surface area contributed by atoms with Crippen LogP contribution in [-0.4, -0.2) is 28.7 Å². The third kappa shape index (κ3) is 3.78. The van der Waals surface area contributed by atoms with Crippen LogP contribution in [0.15, 0.2) is 77.6 Å². The number of ether oxygens (including phenoxy) is 1. The van der Waals surface area contributed by atoms with Crippen LogP contribution >= 0.6 is 0 Å². The van der Waals surface area contributed by atoms with Gasteiger partial charge in [0.2, 0.25) is 0 Å². The monoisotopic (exact) mass is 427 g/mol. The number of carboxylic acid groups (broad SMARTS) is 1. The van der Waals surface area contributed by atoms with Gasteiger partial charge in [-0.1, -0.05) is 60.2 Å². The van der Waals surface area contributed by atoms with Crippen molar-refractivity contribution in [3.63, 3.8) is 0 Å². The topological polar surface area (TPSA) is 85.6 Å². The Bertz CT molecular complexity index is 1390. The van der Waals surface area contributed by atoms with Crippen LogP contribution in [0.5, 0.6) is 0 Å². The number of nitrogens with zero attached hydrogens (tertiary/aromatic N) is 1. The molecule has 0 spiro atoms. The summed E-state index contributed by atoms with van der Waals surface area (Å²) in [7, 11) is 1.29. The highest BCUT2D eigenvalue weighted by molar-refractivity contribution is 6.06. The zero-order valence-electron chi connectivity index (χ0n) is 17.7. The molecule has 0 saturated heterocycles. The summed E-state index contributed by atoms with van der Waals surface area (Å²) in [4.78, 5) is 37.7. The Kier molecular flexibility index (Phi) is 5.60. The molecule has 6 nitrogen and oxygen atoms in total. The number of carbonyl (C=O) groups excluding carboxylic acids is 1. The first-order valence-electron chi connectivity index (χ1n) is 10.0. The van der Waals surface area contributed by atoms with E-state index in [1.165, 1.54) is 23.8 Å². The highest BCUT2D eigenvalue weighted by Gasteiger charge is 2.24. The number of fused-ring (bicyclic) bond motifs is 1. The van der Waals surface area contributed by atoms with E-state index in [2.05, 4.69) is 0 Å². The van der Waals surface area contributed by atoms with Crippen molar-refractivity contribution in [2.24, 2.45) is 0 Å². The number of aryl methyl sites for hydroxylation is 1. The van der Waals surface area contributed by atoms with E-state index in [1.54, 1.807) is 18.2 Å². The van der Waals surface area contributed by atoms with Gasteiger partial charge < -0.3 is 9.84 Å². The largest absolute Gasteiger partial charge is 0.478 e. The van der Waals surface area contributed by atoms with Crippen LogP contribution in [0.2, 0.25) is 0 Å². The predicted octanol–water partition coefficient (Wildman–Crippen LogP) is 4.51. The van der Waals surface area contributed by atoms with Crippen molar-refractivity contribution in [3.05, 3.63) is 106 Å². The maximum Gasteiger partial charge on any atom is 0.355 e. The first kappa shape index (κ1) is 21.1. The van der Waals surface area contributed by atoms with E-state index in [1.807, 2.05) is 49.4 Å². The number of hydrogen-bond donors (Lipinski definition) is 1. The lowest BCUT2D eigenvalue weighted by molar-refractivity contribution is 0.0588. The Labute approximate surface area is 184 Å². The first-order chi connectivity index (χ1) is 15.4. The minimum atomic E-state index is -1.03. The van der Waals surface area contributed by atoms with Gasteiger partial charge in [0.05, 0.1) is 19.2 Å². The van der Waals surface area contributed by atoms with Crippen LogP contribution in [0.3, 0.4) is 0 Å². The van der Waals surface area contributed by atoms with Gasteiger partial charge in [-0.2, -0.15) is 0 Å². The summed E-state index contributed by atoms with van der Waals surface area (Å²) in [5, 5.41) is 10.3. The van der Waals surface area contributed by atoms with Gasteiger partial charge in [0.25, 0.3) is 5.56 Å². The lowest BCUT2D eigenvalue weighted by Gasteiger charge is -2.19. The number of methoxy groups -OCH3 is 1. The molecule has 0 amide bonds. The number of esters is 1. The second-order valence-electron chi connectivity index (χ2n) is 7.52. The van der Waals surface area contributed by atoms with Gasteiger partial charge in [0, 0.05) is 10.9 Å². The third-order valence-electron chi connectivity index (χ3n) is 5.41. The summed E-state index contributed by atoms with van der Waals surface area (Å²) < 4.78 is 6.49. The van der Waals surface area contributed by atoms with Crippen molar-refractivity contribution < 1.29 is 19.4 Å². The van der Waals surface area contributed by atoms with Crippen molar-refractivity contribution in [2.45, 2.75) is 13.5 Å². The maximum absolute atomic E-state index is 13.5. The maximum atomic E-state index is 13.5. The summed E-state index contributed by atoms with van der Waals surface area (Å²) in [5.74, 6) is -1.65. The van der Waals surface area contributed by atoms with Crippen LogP contribution in [0.4, 0.5) is 0 Å². The van der Waals surface area contributed by atoms with E-state index in [4.69, 9.17) is 9.84 Å². The van der Waals surface area contributed by atoms with Gasteiger partial charge in [-0.15, -0.1) is 0 Å². The number of pyridine rings is 1. The number of carbonyl (C=O) groups is 2. The Balaban J connectivity index is 2.05. The van der Waals surface area contributed by atoms with E-state index in [0.29, 0.717) is 21.9 Å². The molecule has 0 saturated carbocycles. The van der Waals surface area contributed by atoms with E-state index < -0.39 is 11.9 Å². The van der Waals surface area contributed by atoms with Gasteiger partial charge in [-0.25, -0.2) is 9.59 Å². The van der Waals surface area contributed by atoms with Crippen LogP contribution in [0.25, 0.3) is 21.9 Å². The molecule has 0 unspecified atom stereocenters. The fourth-order valence-electron chi connectivity index (χ4n) is 3.85. The van der Waals surface area contributed by atoms with Gasteiger partial charge >= 0.3 is 11.9 Å². The molecule has 0 fully saturated rings. The molecule has 0 radical (unpaired) electrons. The van der Waals surface area contributed by atoms with Gasteiger partial charge in [0.15, 0.2) is 0 Å². The van der Waals surface area contributed by atoms with Gasteiger partial charge in [0.1, 0.15) is 5.69 Å². The van der Waals surface area contributed by atoms with Crippen LogP contribution in [0.1, 0.15) is 32.0 Å². The standard InChI is InChI=1S/C26H21NO5/c1-16-8-13-20-21(14-16)22(18-6-4-3-5-7-18)23(26(31)32-2)27(24(20)28)15-17-9-11-19(12-10-17)25(29)30/h3-14H,15H2,1-2H3,(H,29,30). The number of hydrogen-bond acceptors (Lipinski definition) is 4. The fourth-order valence-corrected chi connectivity index (χ4v) is 3.85. The molecule has 4 rings (SSSR count). The smallest absolute Gasteiger partial charge is 0.355 e. The Morgan fingerprint density at radius 2 is 1.62 bits per heavy atom. The lowest BCUT2D eigenvalue weighted by Crippen LogP contribution is -2.28. The summed E-state index contributed by atoms with van der Waals surface area (Å²) in [5.41, 5.74) is 3.05. The minimum Gasteiger partial charge on any atom is -0.478 e. The molecule has 0 aliphatic rings. The molecular formula is C26H21NO5. The van der Waals surface area contributed by atoms with Crippen LogP contribution < -0.4 is 5.56 Å². The Morgan fingerprint density at radius 1 is 0.938 bits per heavy atom. The molecule has 32 heavy (non-hydrogen) atoms. The fraction of sp³-hybridized carbons (Fsp3) is 0.115. The quantitative estimate of drug-likeness (QED) is 0.474. The van der Waals surface area contributed by atoms with Crippen molar-refractivity contribution in [2.75, 3.05) is 7.11 Å². The molecule has 1 aromatic heterocycles. The van der Waals surface area contributed by atoms with Crippen LogP contribution in [-0.2, 0) is 11.3 Å². The molecule has 1 N–H and O–H groups in total. The molecule has 3 aromatic carbocycles. The molecule has 160 valence electrons. The second kappa shape index (κ2) is 8.51. The van der Waals surface area contributed by atoms with Crippen molar-refractivity contribution in [1.29, 1.82) is 0 Å². The van der Waals surface area contributed by atoms with Gasteiger partial charge in [-0.05, 0) is 41.6 Å². The van der Waals surface area contributed by atoms with E-state index in [0.717, 1.165) is 11.1 Å². The summed E-state index contributed by atoms with van der Waals surface area (Å²) >= 11 is 0. The Morgan fingerprint density at radius 3 is 2.25 bits per heavy atom. The molecule has 1 heterocycles. The SMILES string of the molecule is COC(=O)c1c(-c2ccccc2)c2cc(C)ccc2c(=O)n1Cc1ccc(C(=O)O)cc1. The van der Waals surface area contributed by atoms with Crippen molar-refractivity contribution >= 4 is 22.7 Å². The highest BCUT2D eigenvalue weighted by Crippen LogP contribution is 2.32. The summed E-state index contributed by atoms with van der Waals surface area (Å²) in [6.45, 7) is 2.02.